The number of carbonyl (C=O) groups excluding carboxylic acids is 1. The topological polar surface area (TPSA) is 52.6 Å². The highest BCUT2D eigenvalue weighted by Crippen LogP contribution is 2.16. The summed E-state index contributed by atoms with van der Waals surface area (Å²) in [5.41, 5.74) is 1.74. The molecule has 110 valence electrons. The molecule has 0 aliphatic carbocycles. The highest BCUT2D eigenvalue weighted by molar-refractivity contribution is 9.10. The van der Waals surface area contributed by atoms with E-state index < -0.39 is 0 Å². The molecule has 0 bridgehead atoms. The van der Waals surface area contributed by atoms with Gasteiger partial charge in [-0.25, -0.2) is 4.79 Å². The lowest BCUT2D eigenvalue weighted by molar-refractivity contribution is 0.185. The van der Waals surface area contributed by atoms with Crippen molar-refractivity contribution < 1.29 is 9.90 Å². The van der Waals surface area contributed by atoms with Crippen molar-refractivity contribution in [3.8, 4) is 0 Å². The van der Waals surface area contributed by atoms with Crippen LogP contribution in [-0.4, -0.2) is 29.2 Å². The summed E-state index contributed by atoms with van der Waals surface area (Å²) in [5.74, 6) is 0. The fourth-order valence-electron chi connectivity index (χ4n) is 1.95. The zero-order valence-corrected chi connectivity index (χ0v) is 13.1. The third-order valence-electron chi connectivity index (χ3n) is 2.95. The minimum absolute atomic E-state index is 0.0707. The van der Waals surface area contributed by atoms with Gasteiger partial charge in [0, 0.05) is 23.2 Å². The number of urea groups is 1. The second-order valence-corrected chi connectivity index (χ2v) is 5.49. The van der Waals surface area contributed by atoms with Crippen molar-refractivity contribution >= 4 is 27.6 Å². The predicted octanol–water partition coefficient (Wildman–Crippen LogP) is 3.48. The molecule has 0 atom stereocenters. The van der Waals surface area contributed by atoms with Crippen LogP contribution in [0.2, 0.25) is 0 Å². The molecular formula is C16H17BrN2O2. The zero-order valence-electron chi connectivity index (χ0n) is 11.5. The maximum Gasteiger partial charge on any atom is 0.322 e. The summed E-state index contributed by atoms with van der Waals surface area (Å²) in [6.45, 7) is 0.675. The molecule has 0 spiro atoms. The number of carbonyl (C=O) groups is 1. The van der Waals surface area contributed by atoms with Crippen molar-refractivity contribution in [1.82, 2.24) is 4.90 Å². The Labute approximate surface area is 132 Å². The number of amides is 2. The highest BCUT2D eigenvalue weighted by atomic mass is 79.9. The smallest absolute Gasteiger partial charge is 0.322 e. The first kappa shape index (κ1) is 15.5. The van der Waals surface area contributed by atoms with Gasteiger partial charge in [-0.2, -0.15) is 0 Å². The van der Waals surface area contributed by atoms with E-state index in [1.807, 2.05) is 54.6 Å². The van der Waals surface area contributed by atoms with Crippen LogP contribution in [0.25, 0.3) is 0 Å². The van der Waals surface area contributed by atoms with Gasteiger partial charge in [0.2, 0.25) is 0 Å². The Bertz CT molecular complexity index is 590. The van der Waals surface area contributed by atoms with Gasteiger partial charge in [-0.15, -0.1) is 0 Å². The molecule has 0 fully saturated rings. The number of hydrogen-bond acceptors (Lipinski definition) is 2. The first-order valence-corrected chi connectivity index (χ1v) is 7.44. The summed E-state index contributed by atoms with van der Waals surface area (Å²) >= 11 is 3.37. The number of benzene rings is 2. The average molecular weight is 349 g/mol. The van der Waals surface area contributed by atoms with E-state index in [2.05, 4.69) is 21.2 Å². The van der Waals surface area contributed by atoms with Crippen molar-refractivity contribution in [3.63, 3.8) is 0 Å². The van der Waals surface area contributed by atoms with Gasteiger partial charge in [0.25, 0.3) is 0 Å². The second kappa shape index (κ2) is 7.81. The van der Waals surface area contributed by atoms with Gasteiger partial charge in [0.05, 0.1) is 6.61 Å². The van der Waals surface area contributed by atoms with Crippen LogP contribution in [0.3, 0.4) is 0 Å². The van der Waals surface area contributed by atoms with Crippen LogP contribution in [-0.2, 0) is 6.54 Å². The maximum atomic E-state index is 12.3. The fourth-order valence-corrected chi connectivity index (χ4v) is 2.34. The van der Waals surface area contributed by atoms with Crippen molar-refractivity contribution in [3.05, 3.63) is 64.6 Å². The molecule has 2 aromatic carbocycles. The zero-order chi connectivity index (χ0) is 15.1. The van der Waals surface area contributed by atoms with Crippen LogP contribution in [0, 0.1) is 0 Å². The Morgan fingerprint density at radius 1 is 1.14 bits per heavy atom. The van der Waals surface area contributed by atoms with Gasteiger partial charge in [-0.05, 0) is 23.8 Å². The number of halogens is 1. The Kier molecular flexibility index (Phi) is 5.78. The third-order valence-corrected chi connectivity index (χ3v) is 3.44. The average Bonchev–Trinajstić information content (AvgIpc) is 2.48. The molecule has 2 N–H and O–H groups in total. The summed E-state index contributed by atoms with van der Waals surface area (Å²) in [6, 6.07) is 16.9. The van der Waals surface area contributed by atoms with Crippen LogP contribution in [0.4, 0.5) is 10.5 Å². The SMILES string of the molecule is O=C(Nc1cccc(Br)c1)N(CCO)Cc1ccccc1. The monoisotopic (exact) mass is 348 g/mol. The van der Waals surface area contributed by atoms with E-state index in [0.29, 0.717) is 12.2 Å². The summed E-state index contributed by atoms with van der Waals surface area (Å²) in [7, 11) is 0. The lowest BCUT2D eigenvalue weighted by atomic mass is 10.2. The number of nitrogens with zero attached hydrogens (tertiary/aromatic N) is 1. The van der Waals surface area contributed by atoms with Crippen molar-refractivity contribution in [2.45, 2.75) is 6.54 Å². The predicted molar refractivity (Wildman–Crippen MR) is 87.1 cm³/mol. The summed E-state index contributed by atoms with van der Waals surface area (Å²) in [4.78, 5) is 13.9. The van der Waals surface area contributed by atoms with E-state index in [4.69, 9.17) is 5.11 Å². The first-order chi connectivity index (χ1) is 10.2. The third kappa shape index (κ3) is 4.88. The van der Waals surface area contributed by atoms with Crippen LogP contribution in [0.15, 0.2) is 59.1 Å². The molecule has 0 saturated carbocycles. The Balaban J connectivity index is 2.05. The van der Waals surface area contributed by atoms with Crippen LogP contribution >= 0.6 is 15.9 Å². The van der Waals surface area contributed by atoms with Crippen molar-refractivity contribution in [2.75, 3.05) is 18.5 Å². The van der Waals surface area contributed by atoms with E-state index in [0.717, 1.165) is 10.0 Å². The Morgan fingerprint density at radius 2 is 1.90 bits per heavy atom. The molecule has 0 saturated heterocycles. The number of anilines is 1. The lowest BCUT2D eigenvalue weighted by Gasteiger charge is -2.22. The number of rotatable bonds is 5. The number of nitrogens with one attached hydrogen (secondary N) is 1. The van der Waals surface area contributed by atoms with Gasteiger partial charge in [-0.1, -0.05) is 52.3 Å². The van der Waals surface area contributed by atoms with Crippen LogP contribution in [0.5, 0.6) is 0 Å². The maximum absolute atomic E-state index is 12.3. The first-order valence-electron chi connectivity index (χ1n) is 6.65. The van der Waals surface area contributed by atoms with Gasteiger partial charge < -0.3 is 15.3 Å². The van der Waals surface area contributed by atoms with Gasteiger partial charge >= 0.3 is 6.03 Å². The Hall–Kier alpha value is -1.85. The molecule has 21 heavy (non-hydrogen) atoms. The summed E-state index contributed by atoms with van der Waals surface area (Å²) < 4.78 is 0.900. The molecular weight excluding hydrogens is 332 g/mol. The fraction of sp³-hybridized carbons (Fsp3) is 0.188. The normalized spacial score (nSPS) is 10.2. The molecule has 0 heterocycles. The number of aliphatic hydroxyl groups excluding tert-OH is 1. The lowest BCUT2D eigenvalue weighted by Crippen LogP contribution is -2.36. The van der Waals surface area contributed by atoms with E-state index >= 15 is 0 Å². The largest absolute Gasteiger partial charge is 0.395 e. The molecule has 4 nitrogen and oxygen atoms in total. The summed E-state index contributed by atoms with van der Waals surface area (Å²) in [5, 5.41) is 12.0. The second-order valence-electron chi connectivity index (χ2n) is 4.57. The molecule has 5 heteroatoms. The van der Waals surface area contributed by atoms with E-state index in [9.17, 15) is 4.79 Å². The Morgan fingerprint density at radius 3 is 2.57 bits per heavy atom. The van der Waals surface area contributed by atoms with Crippen LogP contribution < -0.4 is 5.32 Å². The molecule has 0 aromatic heterocycles. The van der Waals surface area contributed by atoms with Crippen molar-refractivity contribution in [2.24, 2.45) is 0 Å². The van der Waals surface area contributed by atoms with Gasteiger partial charge in [0.15, 0.2) is 0 Å². The molecule has 0 aliphatic rings. The van der Waals surface area contributed by atoms with E-state index in [1.165, 1.54) is 0 Å². The minimum atomic E-state index is -0.231. The van der Waals surface area contributed by atoms with Crippen molar-refractivity contribution in [1.29, 1.82) is 0 Å². The highest BCUT2D eigenvalue weighted by Gasteiger charge is 2.13. The van der Waals surface area contributed by atoms with Gasteiger partial charge in [-0.3, -0.25) is 0 Å². The summed E-state index contributed by atoms with van der Waals surface area (Å²) in [6.07, 6.45) is 0. The quantitative estimate of drug-likeness (QED) is 0.868. The van der Waals surface area contributed by atoms with E-state index in [1.54, 1.807) is 4.90 Å². The molecule has 0 aliphatic heterocycles. The van der Waals surface area contributed by atoms with Crippen LogP contribution in [0.1, 0.15) is 5.56 Å². The van der Waals surface area contributed by atoms with E-state index in [-0.39, 0.29) is 19.2 Å². The molecule has 2 amide bonds. The molecule has 0 unspecified atom stereocenters. The molecule has 0 radical (unpaired) electrons. The molecule has 2 aromatic rings. The van der Waals surface area contributed by atoms with Gasteiger partial charge in [0.1, 0.15) is 0 Å². The number of aliphatic hydroxyl groups is 1. The molecule has 2 rings (SSSR count). The minimum Gasteiger partial charge on any atom is -0.395 e. The standard InChI is InChI=1S/C16H17BrN2O2/c17-14-7-4-8-15(11-14)18-16(21)19(9-10-20)12-13-5-2-1-3-6-13/h1-8,11,20H,9-10,12H2,(H,18,21). The number of hydrogen-bond donors (Lipinski definition) is 2.